The van der Waals surface area contributed by atoms with Crippen molar-refractivity contribution in [2.24, 2.45) is 0 Å². The van der Waals surface area contributed by atoms with Crippen molar-refractivity contribution in [1.29, 1.82) is 0 Å². The molecule has 0 spiro atoms. The Kier molecular flexibility index (Phi) is 5.33. The SMILES string of the molecule is CC.Cc1ccccc1-c1cc(=O)oc2nc(N3CCC(C)(O)C3)ccc12. The van der Waals surface area contributed by atoms with Crippen LogP contribution in [0.5, 0.6) is 0 Å². The number of fused-ring (bicyclic) bond motifs is 1. The minimum atomic E-state index is -0.708. The zero-order chi connectivity index (χ0) is 19.6. The average molecular weight is 366 g/mol. The highest BCUT2D eigenvalue weighted by Gasteiger charge is 2.32. The molecule has 2 aromatic heterocycles. The monoisotopic (exact) mass is 366 g/mol. The minimum absolute atomic E-state index is 0.329. The largest absolute Gasteiger partial charge is 0.404 e. The molecular weight excluding hydrogens is 340 g/mol. The maximum atomic E-state index is 12.1. The molecule has 5 nitrogen and oxygen atoms in total. The Labute approximate surface area is 159 Å². The summed E-state index contributed by atoms with van der Waals surface area (Å²) in [5.74, 6) is 0.718. The van der Waals surface area contributed by atoms with E-state index in [1.165, 1.54) is 6.07 Å². The maximum absolute atomic E-state index is 12.1. The van der Waals surface area contributed by atoms with E-state index in [9.17, 15) is 9.90 Å². The quantitative estimate of drug-likeness (QED) is 0.738. The maximum Gasteiger partial charge on any atom is 0.338 e. The van der Waals surface area contributed by atoms with Gasteiger partial charge >= 0.3 is 5.63 Å². The van der Waals surface area contributed by atoms with Gasteiger partial charge in [0.2, 0.25) is 5.71 Å². The van der Waals surface area contributed by atoms with E-state index < -0.39 is 11.2 Å². The first kappa shape index (κ1) is 19.1. The topological polar surface area (TPSA) is 66.6 Å². The second-order valence-electron chi connectivity index (χ2n) is 6.98. The fourth-order valence-corrected chi connectivity index (χ4v) is 3.45. The molecule has 142 valence electrons. The van der Waals surface area contributed by atoms with E-state index in [1.807, 2.05) is 69.0 Å². The Morgan fingerprint density at radius 1 is 1.15 bits per heavy atom. The van der Waals surface area contributed by atoms with E-state index in [0.717, 1.165) is 34.4 Å². The molecule has 1 unspecified atom stereocenters. The molecule has 1 atom stereocenters. The Hall–Kier alpha value is -2.66. The van der Waals surface area contributed by atoms with Crippen LogP contribution in [0, 0.1) is 6.92 Å². The van der Waals surface area contributed by atoms with Gasteiger partial charge < -0.3 is 14.4 Å². The number of hydrogen-bond acceptors (Lipinski definition) is 5. The van der Waals surface area contributed by atoms with Gasteiger partial charge in [-0.2, -0.15) is 4.98 Å². The molecule has 1 N–H and O–H groups in total. The van der Waals surface area contributed by atoms with E-state index in [-0.39, 0.29) is 0 Å². The molecule has 0 radical (unpaired) electrons. The Morgan fingerprint density at radius 2 is 1.89 bits per heavy atom. The summed E-state index contributed by atoms with van der Waals surface area (Å²) in [6, 6.07) is 13.3. The van der Waals surface area contributed by atoms with Crippen LogP contribution in [-0.2, 0) is 0 Å². The molecule has 1 aliphatic heterocycles. The highest BCUT2D eigenvalue weighted by molar-refractivity contribution is 5.92. The number of anilines is 1. The predicted octanol–water partition coefficient (Wildman–Crippen LogP) is 4.15. The van der Waals surface area contributed by atoms with Crippen LogP contribution in [-0.4, -0.2) is 28.8 Å². The number of pyridine rings is 1. The van der Waals surface area contributed by atoms with Crippen molar-refractivity contribution in [3.63, 3.8) is 0 Å². The van der Waals surface area contributed by atoms with Crippen LogP contribution in [0.4, 0.5) is 5.82 Å². The molecule has 3 heterocycles. The molecule has 1 fully saturated rings. The molecule has 27 heavy (non-hydrogen) atoms. The third kappa shape index (κ3) is 3.88. The lowest BCUT2D eigenvalue weighted by Gasteiger charge is -2.20. The fourth-order valence-electron chi connectivity index (χ4n) is 3.45. The molecule has 0 saturated carbocycles. The minimum Gasteiger partial charge on any atom is -0.404 e. The number of aliphatic hydroxyl groups is 1. The van der Waals surface area contributed by atoms with Gasteiger partial charge in [0.1, 0.15) is 5.82 Å². The van der Waals surface area contributed by atoms with Crippen LogP contribution in [0.2, 0.25) is 0 Å². The van der Waals surface area contributed by atoms with Gasteiger partial charge in [-0.05, 0) is 43.5 Å². The molecule has 4 rings (SSSR count). The number of aryl methyl sites for hydroxylation is 1. The summed E-state index contributed by atoms with van der Waals surface area (Å²) in [6.07, 6.45) is 0.694. The molecule has 1 aromatic carbocycles. The first-order chi connectivity index (χ1) is 12.9. The molecule has 1 aliphatic rings. The van der Waals surface area contributed by atoms with Crippen molar-refractivity contribution in [3.8, 4) is 11.1 Å². The Bertz CT molecular complexity index is 1010. The van der Waals surface area contributed by atoms with Gasteiger partial charge in [0.05, 0.1) is 5.60 Å². The van der Waals surface area contributed by atoms with Gasteiger partial charge in [-0.1, -0.05) is 38.1 Å². The molecule has 0 amide bonds. The summed E-state index contributed by atoms with van der Waals surface area (Å²) >= 11 is 0. The van der Waals surface area contributed by atoms with E-state index in [4.69, 9.17) is 4.42 Å². The van der Waals surface area contributed by atoms with Gasteiger partial charge in [-0.25, -0.2) is 4.79 Å². The van der Waals surface area contributed by atoms with E-state index in [2.05, 4.69) is 4.98 Å². The smallest absolute Gasteiger partial charge is 0.338 e. The lowest BCUT2D eigenvalue weighted by atomic mass is 9.99. The highest BCUT2D eigenvalue weighted by Crippen LogP contribution is 2.31. The van der Waals surface area contributed by atoms with Crippen LogP contribution in [0.15, 0.2) is 51.7 Å². The predicted molar refractivity (Wildman–Crippen MR) is 109 cm³/mol. The zero-order valence-corrected chi connectivity index (χ0v) is 16.3. The molecule has 1 saturated heterocycles. The zero-order valence-electron chi connectivity index (χ0n) is 16.3. The second kappa shape index (κ2) is 7.53. The molecule has 3 aromatic rings. The van der Waals surface area contributed by atoms with Crippen molar-refractivity contribution in [2.75, 3.05) is 18.0 Å². The first-order valence-electron chi connectivity index (χ1n) is 9.41. The number of hydrogen-bond donors (Lipinski definition) is 1. The third-order valence-electron chi connectivity index (χ3n) is 4.81. The van der Waals surface area contributed by atoms with Gasteiger partial charge in [-0.15, -0.1) is 0 Å². The Morgan fingerprint density at radius 3 is 2.56 bits per heavy atom. The van der Waals surface area contributed by atoms with Crippen LogP contribution in [0.25, 0.3) is 22.2 Å². The van der Waals surface area contributed by atoms with Crippen molar-refractivity contribution in [2.45, 2.75) is 39.7 Å². The molecule has 0 bridgehead atoms. The first-order valence-corrected chi connectivity index (χ1v) is 9.41. The third-order valence-corrected chi connectivity index (χ3v) is 4.81. The number of β-amino-alcohol motifs (C(OH)–C–C–N with tert-alkyl or cyclic N) is 1. The van der Waals surface area contributed by atoms with Crippen molar-refractivity contribution in [1.82, 2.24) is 4.98 Å². The number of benzene rings is 1. The summed E-state index contributed by atoms with van der Waals surface area (Å²) in [4.78, 5) is 18.6. The molecular formula is C22H26N2O3. The summed E-state index contributed by atoms with van der Waals surface area (Å²) in [6.45, 7) is 9.09. The van der Waals surface area contributed by atoms with E-state index in [0.29, 0.717) is 18.7 Å². The molecule has 5 heteroatoms. The van der Waals surface area contributed by atoms with Crippen LogP contribution in [0.1, 0.15) is 32.8 Å². The van der Waals surface area contributed by atoms with Gasteiger partial charge in [0.25, 0.3) is 0 Å². The lowest BCUT2D eigenvalue weighted by Crippen LogP contribution is -2.29. The van der Waals surface area contributed by atoms with Crippen LogP contribution < -0.4 is 10.5 Å². The van der Waals surface area contributed by atoms with Gasteiger partial charge in [0.15, 0.2) is 0 Å². The standard InChI is InChI=1S/C20H20N2O3.C2H6/c1-13-5-3-4-6-14(13)16-11-18(23)25-19-15(16)7-8-17(21-19)22-10-9-20(2,24)12-22;1-2/h3-8,11,24H,9-10,12H2,1-2H3;1-2H3. The van der Waals surface area contributed by atoms with Gasteiger partial charge in [0, 0.05) is 30.1 Å². The van der Waals surface area contributed by atoms with Crippen molar-refractivity contribution >= 4 is 16.9 Å². The van der Waals surface area contributed by atoms with Gasteiger partial charge in [-0.3, -0.25) is 0 Å². The highest BCUT2D eigenvalue weighted by atomic mass is 16.4. The second-order valence-corrected chi connectivity index (χ2v) is 6.98. The molecule has 0 aliphatic carbocycles. The fraction of sp³-hybridized carbons (Fsp3) is 0.364. The normalized spacial score (nSPS) is 19.1. The summed E-state index contributed by atoms with van der Waals surface area (Å²) in [7, 11) is 0. The average Bonchev–Trinajstić information content (AvgIpc) is 3.02. The van der Waals surface area contributed by atoms with Crippen molar-refractivity contribution < 1.29 is 9.52 Å². The number of nitrogens with zero attached hydrogens (tertiary/aromatic N) is 2. The van der Waals surface area contributed by atoms with Crippen LogP contribution in [0.3, 0.4) is 0 Å². The lowest BCUT2D eigenvalue weighted by molar-refractivity contribution is 0.0839. The van der Waals surface area contributed by atoms with Crippen molar-refractivity contribution in [3.05, 3.63) is 58.4 Å². The summed E-state index contributed by atoms with van der Waals surface area (Å²) in [5.41, 5.74) is 2.13. The summed E-state index contributed by atoms with van der Waals surface area (Å²) in [5, 5.41) is 11.0. The summed E-state index contributed by atoms with van der Waals surface area (Å²) < 4.78 is 5.36. The van der Waals surface area contributed by atoms with E-state index >= 15 is 0 Å². The Balaban J connectivity index is 0.00000102. The number of rotatable bonds is 2. The van der Waals surface area contributed by atoms with Crippen LogP contribution >= 0.6 is 0 Å². The van der Waals surface area contributed by atoms with E-state index in [1.54, 1.807) is 0 Å². The number of aromatic nitrogens is 1.